The van der Waals surface area contributed by atoms with Gasteiger partial charge in [0, 0.05) is 28.9 Å². The van der Waals surface area contributed by atoms with E-state index in [1.54, 1.807) is 54.2 Å². The molecule has 4 rings (SSSR count). The molecule has 0 radical (unpaired) electrons. The van der Waals surface area contributed by atoms with Gasteiger partial charge >= 0.3 is 0 Å². The fourth-order valence-corrected chi connectivity index (χ4v) is 4.36. The maximum absolute atomic E-state index is 12.8. The quantitative estimate of drug-likeness (QED) is 0.258. The number of halogens is 2. The number of carbonyl (C=O) groups excluding carboxylic acids is 2. The van der Waals surface area contributed by atoms with Gasteiger partial charge in [0.05, 0.1) is 26.9 Å². The Hall–Kier alpha value is -3.32. The van der Waals surface area contributed by atoms with Crippen molar-refractivity contribution in [1.82, 2.24) is 10.3 Å². The van der Waals surface area contributed by atoms with Crippen molar-refractivity contribution in [1.29, 1.82) is 0 Å². The molecule has 0 aliphatic rings. The highest BCUT2D eigenvalue weighted by atomic mass is 35.5. The van der Waals surface area contributed by atoms with Crippen LogP contribution >= 0.6 is 35.0 Å². The molecule has 0 saturated carbocycles. The number of aromatic nitrogens is 1. The molecular weight excluding hydrogens is 501 g/mol. The first kappa shape index (κ1) is 24.8. The predicted molar refractivity (Wildman–Crippen MR) is 143 cm³/mol. The van der Waals surface area contributed by atoms with Crippen LogP contribution in [0.1, 0.15) is 26.3 Å². The second kappa shape index (κ2) is 11.4. The Morgan fingerprint density at radius 1 is 0.886 bits per heavy atom. The lowest BCUT2D eigenvalue weighted by atomic mass is 10.1. The van der Waals surface area contributed by atoms with Crippen LogP contribution in [0.15, 0.2) is 90.0 Å². The van der Waals surface area contributed by atoms with Crippen LogP contribution in [-0.4, -0.2) is 23.1 Å². The molecule has 0 unspecified atom stereocenters. The minimum absolute atomic E-state index is 0.218. The Kier molecular flexibility index (Phi) is 8.08. The SMILES string of the molecule is CSc1ccc(C(=O)Nc2ccc(Cl)c(-c3ccc(C(=O)NCc4ccccc4)cn3)c2)c(Cl)c1. The van der Waals surface area contributed by atoms with E-state index in [0.29, 0.717) is 44.7 Å². The standard InChI is InChI=1S/C27H21Cl2N3O2S/c1-35-20-9-10-21(24(29)14-20)27(34)32-19-8-11-23(28)22(13-19)25-12-7-18(16-30-25)26(33)31-15-17-5-3-2-4-6-17/h2-14,16H,15H2,1H3,(H,31,33)(H,32,34). The first-order valence-corrected chi connectivity index (χ1v) is 12.7. The topological polar surface area (TPSA) is 71.1 Å². The second-order valence-electron chi connectivity index (χ2n) is 7.59. The van der Waals surface area contributed by atoms with Crippen LogP contribution in [0.5, 0.6) is 0 Å². The summed E-state index contributed by atoms with van der Waals surface area (Å²) in [5.74, 6) is -0.543. The number of hydrogen-bond donors (Lipinski definition) is 2. The number of anilines is 1. The molecule has 8 heteroatoms. The smallest absolute Gasteiger partial charge is 0.257 e. The number of rotatable bonds is 7. The van der Waals surface area contributed by atoms with Gasteiger partial charge in [-0.1, -0.05) is 53.5 Å². The third-order valence-corrected chi connectivity index (χ3v) is 6.61. The third-order valence-electron chi connectivity index (χ3n) is 5.24. The first-order chi connectivity index (χ1) is 16.9. The number of nitrogens with zero attached hydrogens (tertiary/aromatic N) is 1. The van der Waals surface area contributed by atoms with Crippen molar-refractivity contribution in [3.8, 4) is 11.3 Å². The lowest BCUT2D eigenvalue weighted by Gasteiger charge is -2.11. The normalized spacial score (nSPS) is 10.6. The molecular formula is C27H21Cl2N3O2S. The number of pyridine rings is 1. The zero-order valence-electron chi connectivity index (χ0n) is 18.7. The van der Waals surface area contributed by atoms with Crippen molar-refractivity contribution in [2.24, 2.45) is 0 Å². The number of nitrogens with one attached hydrogen (secondary N) is 2. The maximum Gasteiger partial charge on any atom is 0.257 e. The van der Waals surface area contributed by atoms with Crippen LogP contribution in [-0.2, 0) is 6.54 Å². The van der Waals surface area contributed by atoms with Crippen LogP contribution in [0.4, 0.5) is 5.69 Å². The summed E-state index contributed by atoms with van der Waals surface area (Å²) < 4.78 is 0. The molecule has 0 atom stereocenters. The van der Waals surface area contributed by atoms with E-state index in [0.717, 1.165) is 10.5 Å². The number of thioether (sulfide) groups is 1. The Bertz CT molecular complexity index is 1360. The Morgan fingerprint density at radius 3 is 2.37 bits per heavy atom. The average molecular weight is 522 g/mol. The van der Waals surface area contributed by atoms with Gasteiger partial charge in [-0.3, -0.25) is 14.6 Å². The summed E-state index contributed by atoms with van der Waals surface area (Å²) in [6.07, 6.45) is 3.45. The molecule has 4 aromatic rings. The predicted octanol–water partition coefficient (Wildman–Crippen LogP) is 6.96. The molecule has 0 aliphatic heterocycles. The van der Waals surface area contributed by atoms with Gasteiger partial charge in [0.2, 0.25) is 0 Å². The zero-order chi connectivity index (χ0) is 24.8. The van der Waals surface area contributed by atoms with Gasteiger partial charge in [0.1, 0.15) is 0 Å². The van der Waals surface area contributed by atoms with Gasteiger partial charge in [0.15, 0.2) is 0 Å². The number of carbonyl (C=O) groups is 2. The molecule has 0 bridgehead atoms. The molecule has 2 amide bonds. The second-order valence-corrected chi connectivity index (χ2v) is 9.29. The third kappa shape index (κ3) is 6.22. The number of hydrogen-bond acceptors (Lipinski definition) is 4. The minimum Gasteiger partial charge on any atom is -0.348 e. The summed E-state index contributed by atoms with van der Waals surface area (Å²) >= 11 is 14.2. The highest BCUT2D eigenvalue weighted by Gasteiger charge is 2.14. The summed E-state index contributed by atoms with van der Waals surface area (Å²) in [6.45, 7) is 0.430. The monoisotopic (exact) mass is 521 g/mol. The number of amides is 2. The Labute approximate surface area is 217 Å². The molecule has 1 heterocycles. The largest absolute Gasteiger partial charge is 0.348 e. The van der Waals surface area contributed by atoms with Crippen LogP contribution in [0, 0.1) is 0 Å². The van der Waals surface area contributed by atoms with Crippen LogP contribution in [0.3, 0.4) is 0 Å². The lowest BCUT2D eigenvalue weighted by molar-refractivity contribution is 0.0949. The van der Waals surface area contributed by atoms with Gasteiger partial charge in [-0.2, -0.15) is 0 Å². The Morgan fingerprint density at radius 2 is 1.69 bits per heavy atom. The van der Waals surface area contributed by atoms with Crippen molar-refractivity contribution in [3.63, 3.8) is 0 Å². The molecule has 3 aromatic carbocycles. The molecule has 0 fully saturated rings. The molecule has 0 spiro atoms. The van der Waals surface area contributed by atoms with Gasteiger partial charge in [-0.15, -0.1) is 11.8 Å². The molecule has 2 N–H and O–H groups in total. The van der Waals surface area contributed by atoms with Crippen LogP contribution < -0.4 is 10.6 Å². The fourth-order valence-electron chi connectivity index (χ4n) is 3.37. The van der Waals surface area contributed by atoms with Crippen LogP contribution in [0.2, 0.25) is 10.0 Å². The van der Waals surface area contributed by atoms with Gasteiger partial charge < -0.3 is 10.6 Å². The summed E-state index contributed by atoms with van der Waals surface area (Å²) in [7, 11) is 0. The van der Waals surface area contributed by atoms with E-state index in [4.69, 9.17) is 23.2 Å². The van der Waals surface area contributed by atoms with Crippen molar-refractivity contribution < 1.29 is 9.59 Å². The van der Waals surface area contributed by atoms with E-state index in [1.165, 1.54) is 6.20 Å². The van der Waals surface area contributed by atoms with E-state index in [9.17, 15) is 9.59 Å². The highest BCUT2D eigenvalue weighted by molar-refractivity contribution is 7.98. The number of benzene rings is 3. The van der Waals surface area contributed by atoms with E-state index < -0.39 is 0 Å². The lowest BCUT2D eigenvalue weighted by Crippen LogP contribution is -2.22. The molecule has 176 valence electrons. The van der Waals surface area contributed by atoms with E-state index in [2.05, 4.69) is 15.6 Å². The molecule has 0 saturated heterocycles. The van der Waals surface area contributed by atoms with Crippen molar-refractivity contribution in [2.75, 3.05) is 11.6 Å². The van der Waals surface area contributed by atoms with E-state index >= 15 is 0 Å². The Balaban J connectivity index is 1.47. The maximum atomic E-state index is 12.8. The fraction of sp³-hybridized carbons (Fsp3) is 0.0741. The highest BCUT2D eigenvalue weighted by Crippen LogP contribution is 2.30. The molecule has 5 nitrogen and oxygen atoms in total. The first-order valence-electron chi connectivity index (χ1n) is 10.7. The van der Waals surface area contributed by atoms with E-state index in [-0.39, 0.29) is 11.8 Å². The molecule has 1 aromatic heterocycles. The van der Waals surface area contributed by atoms with Crippen molar-refractivity contribution in [3.05, 3.63) is 112 Å². The molecule has 35 heavy (non-hydrogen) atoms. The average Bonchev–Trinajstić information content (AvgIpc) is 2.89. The van der Waals surface area contributed by atoms with Gasteiger partial charge in [0.25, 0.3) is 11.8 Å². The van der Waals surface area contributed by atoms with Crippen LogP contribution in [0.25, 0.3) is 11.3 Å². The van der Waals surface area contributed by atoms with Crippen molar-refractivity contribution in [2.45, 2.75) is 11.4 Å². The van der Waals surface area contributed by atoms with E-state index in [1.807, 2.05) is 42.7 Å². The summed E-state index contributed by atoms with van der Waals surface area (Å²) in [6, 6.07) is 23.5. The summed E-state index contributed by atoms with van der Waals surface area (Å²) in [4.78, 5) is 30.6. The van der Waals surface area contributed by atoms with Gasteiger partial charge in [-0.25, -0.2) is 0 Å². The molecule has 0 aliphatic carbocycles. The summed E-state index contributed by atoms with van der Waals surface area (Å²) in [5, 5.41) is 6.59. The zero-order valence-corrected chi connectivity index (χ0v) is 21.0. The minimum atomic E-state index is -0.325. The summed E-state index contributed by atoms with van der Waals surface area (Å²) in [5.41, 5.74) is 3.58. The van der Waals surface area contributed by atoms with Gasteiger partial charge in [-0.05, 0) is 60.4 Å². The van der Waals surface area contributed by atoms with Crippen molar-refractivity contribution >= 4 is 52.5 Å².